The number of terminal acetylenes is 1. The van der Waals surface area contributed by atoms with Crippen LogP contribution in [0.5, 0.6) is 0 Å². The average molecular weight is 1810 g/mol. The summed E-state index contributed by atoms with van der Waals surface area (Å²) in [4.78, 5) is 89.8. The van der Waals surface area contributed by atoms with Gasteiger partial charge < -0.3 is 58.8 Å². The molecular formula is C107H130N12O4S5. The lowest BCUT2D eigenvalue weighted by Gasteiger charge is -2.36. The van der Waals surface area contributed by atoms with E-state index in [-0.39, 0.29) is 23.1 Å². The van der Waals surface area contributed by atoms with Crippen molar-refractivity contribution in [1.82, 2.24) is 34.3 Å². The molecule has 7 aliphatic heterocycles. The third-order valence-electron chi connectivity index (χ3n) is 24.3. The first-order chi connectivity index (χ1) is 61.9. The largest absolute Gasteiger partial charge is 0.340 e. The van der Waals surface area contributed by atoms with Gasteiger partial charge in [0, 0.05) is 187 Å². The van der Waals surface area contributed by atoms with Crippen LogP contribution in [0.15, 0.2) is 261 Å². The second kappa shape index (κ2) is 46.6. The third-order valence-corrected chi connectivity index (χ3v) is 30.0. The summed E-state index contributed by atoms with van der Waals surface area (Å²) in [5.74, 6) is 4.01. The van der Waals surface area contributed by atoms with Crippen LogP contribution in [0.25, 0.3) is 0 Å². The summed E-state index contributed by atoms with van der Waals surface area (Å²) in [7, 11) is 14.9. The molecule has 128 heavy (non-hydrogen) atoms. The zero-order valence-corrected chi connectivity index (χ0v) is 81.7. The highest BCUT2D eigenvalue weighted by molar-refractivity contribution is 8.00. The lowest BCUT2D eigenvalue weighted by atomic mass is 10.1. The predicted molar refractivity (Wildman–Crippen MR) is 542 cm³/mol. The van der Waals surface area contributed by atoms with Crippen molar-refractivity contribution in [2.24, 2.45) is 5.92 Å². The molecule has 10 aromatic rings. The lowest BCUT2D eigenvalue weighted by Crippen LogP contribution is -2.47. The van der Waals surface area contributed by atoms with Crippen LogP contribution in [0.4, 0.5) is 56.9 Å². The molecule has 7 heterocycles. The number of fused-ring (bicyclic) bond motifs is 10. The molecule has 0 N–H and O–H groups in total. The fourth-order valence-electron chi connectivity index (χ4n) is 17.2. The molecule has 2 atom stereocenters. The van der Waals surface area contributed by atoms with Gasteiger partial charge in [0.15, 0.2) is 23.1 Å². The molecule has 0 amide bonds. The van der Waals surface area contributed by atoms with Gasteiger partial charge in [-0.2, -0.15) is 0 Å². The maximum Gasteiger partial charge on any atom is 0.162 e. The maximum atomic E-state index is 12.5. The summed E-state index contributed by atoms with van der Waals surface area (Å²) in [5, 5.41) is 0. The number of hydrogen-bond acceptors (Lipinski definition) is 21. The van der Waals surface area contributed by atoms with E-state index in [0.29, 0.717) is 24.8 Å². The van der Waals surface area contributed by atoms with Crippen molar-refractivity contribution < 1.29 is 19.2 Å². The van der Waals surface area contributed by atoms with Crippen LogP contribution < -0.4 is 24.5 Å². The van der Waals surface area contributed by atoms with E-state index in [1.165, 1.54) is 134 Å². The average Bonchev–Trinajstić information content (AvgIpc) is 0.791. The highest BCUT2D eigenvalue weighted by atomic mass is 32.2. The molecule has 16 nitrogen and oxygen atoms in total. The molecular weight excluding hydrogens is 1680 g/mol. The lowest BCUT2D eigenvalue weighted by molar-refractivity contribution is 0.0976. The minimum Gasteiger partial charge on any atom is -0.340 e. The molecule has 0 radical (unpaired) electrons. The van der Waals surface area contributed by atoms with Gasteiger partial charge in [0.05, 0.1) is 56.9 Å². The van der Waals surface area contributed by atoms with Gasteiger partial charge in [-0.1, -0.05) is 177 Å². The second-order valence-electron chi connectivity index (χ2n) is 35.0. The molecule has 0 spiro atoms. The normalized spacial score (nSPS) is 15.3. The Morgan fingerprint density at radius 3 is 1.08 bits per heavy atom. The van der Waals surface area contributed by atoms with Crippen molar-refractivity contribution in [3.8, 4) is 12.3 Å². The standard InChI is InChI=1S/C25H33N3OS.C24H31N3OS.C20H22N2S.2C19H22N2OS/c1-3-12-26-15-17-27(18-16-26)13-7-14-28-21-8-5-6-9-24(21)30-25-11-10-20(19-22(25)28)23(29)4-2;1-3-7-22(28)19-10-11-24-21(18-19)27(20-8-4-5-9-23(20)29-24)13-6-12-26-16-14-25(2)15-17-26;1-5-16-10-11-20-18(12-16)22(14-15(2)13-21(3)4)17-8-6-7-9-19(17)23-20;1-13(20(3)4)12-21-16-7-5-6-8-18(16)23-19-10-9-15(14(2)22)11-17(19)21;1-14(22)15-9-10-19-17(13-15)21(12-6-11-20(2)3)16-7-4-5-8-18(16)23-19/h5-6,8-11,19H,3-4,7,12-18H2,1-2H3;4-5,8-11,18H,3,6-7,12-17H2,1-2H3;1,6-12,15H,13-14H2,2-4H3;5-11,13H,12H2,1-4H3;4-5,7-10,13H,6,11-12H2,1-3H3. The van der Waals surface area contributed by atoms with Gasteiger partial charge in [0.1, 0.15) is 0 Å². The number of likely N-dealkylation sites (N-methyl/N-ethyl adjacent to an activating group) is 2. The highest BCUT2D eigenvalue weighted by Crippen LogP contribution is 2.54. The molecule has 2 fully saturated rings. The summed E-state index contributed by atoms with van der Waals surface area (Å²) in [6.07, 6.45) is 12.2. The summed E-state index contributed by atoms with van der Waals surface area (Å²) in [6.45, 7) is 33.8. The summed E-state index contributed by atoms with van der Waals surface area (Å²) in [5.41, 5.74) is 16.3. The number of para-hydroxylation sites is 5. The van der Waals surface area contributed by atoms with Crippen molar-refractivity contribution >= 4 is 139 Å². The first-order valence-corrected chi connectivity index (χ1v) is 49.8. The first kappa shape index (κ1) is 96.5. The Bertz CT molecular complexity index is 5500. The van der Waals surface area contributed by atoms with Crippen LogP contribution in [0, 0.1) is 18.3 Å². The van der Waals surface area contributed by atoms with Crippen molar-refractivity contribution in [2.75, 3.05) is 192 Å². The number of anilines is 10. The molecule has 672 valence electrons. The monoisotopic (exact) mass is 1810 g/mol. The van der Waals surface area contributed by atoms with E-state index in [4.69, 9.17) is 6.42 Å². The van der Waals surface area contributed by atoms with Gasteiger partial charge in [-0.05, 0) is 262 Å². The predicted octanol–water partition coefficient (Wildman–Crippen LogP) is 23.6. The van der Waals surface area contributed by atoms with E-state index >= 15 is 0 Å². The van der Waals surface area contributed by atoms with Crippen LogP contribution in [0.1, 0.15) is 140 Å². The van der Waals surface area contributed by atoms with Gasteiger partial charge in [-0.3, -0.25) is 19.2 Å². The van der Waals surface area contributed by atoms with Crippen LogP contribution >= 0.6 is 58.8 Å². The quantitative estimate of drug-likeness (QED) is 0.0343. The van der Waals surface area contributed by atoms with Gasteiger partial charge in [-0.15, -0.1) is 6.42 Å². The van der Waals surface area contributed by atoms with Crippen molar-refractivity contribution in [1.29, 1.82) is 0 Å². The fraction of sp³-hybridized carbons (Fsp3) is 0.383. The van der Waals surface area contributed by atoms with Gasteiger partial charge >= 0.3 is 0 Å². The van der Waals surface area contributed by atoms with Crippen molar-refractivity contribution in [2.45, 2.75) is 148 Å². The van der Waals surface area contributed by atoms with Gasteiger partial charge in [0.2, 0.25) is 0 Å². The molecule has 21 heteroatoms. The summed E-state index contributed by atoms with van der Waals surface area (Å²) >= 11 is 9.01. The zero-order chi connectivity index (χ0) is 90.5. The Morgan fingerprint density at radius 1 is 0.367 bits per heavy atom. The molecule has 0 aliphatic carbocycles. The molecule has 0 bridgehead atoms. The number of carbonyl (C=O) groups is 4. The maximum absolute atomic E-state index is 12.5. The zero-order valence-electron chi connectivity index (χ0n) is 77.7. The Balaban J connectivity index is 0.000000137. The van der Waals surface area contributed by atoms with E-state index in [2.05, 4.69) is 312 Å². The van der Waals surface area contributed by atoms with Crippen LogP contribution in [-0.2, 0) is 0 Å². The highest BCUT2D eigenvalue weighted by Gasteiger charge is 2.32. The number of carbonyl (C=O) groups excluding carboxylic acids is 4. The molecule has 2 saturated heterocycles. The number of nitrogens with zero attached hydrogens (tertiary/aromatic N) is 12. The van der Waals surface area contributed by atoms with Gasteiger partial charge in [0.25, 0.3) is 0 Å². The molecule has 17 rings (SSSR count). The Morgan fingerprint density at radius 2 is 0.703 bits per heavy atom. The topological polar surface area (TPSA) is 107 Å². The smallest absolute Gasteiger partial charge is 0.162 e. The fourth-order valence-corrected chi connectivity index (χ4v) is 22.6. The van der Waals surface area contributed by atoms with E-state index < -0.39 is 0 Å². The first-order valence-electron chi connectivity index (χ1n) is 45.7. The number of piperazine rings is 2. The Hall–Kier alpha value is -9.09. The van der Waals surface area contributed by atoms with Crippen LogP contribution in [0.3, 0.4) is 0 Å². The number of Topliss-reactive ketones (excluding diaryl/α,β-unsaturated/α-hetero) is 4. The second-order valence-corrected chi connectivity index (χ2v) is 40.4. The number of benzene rings is 10. The molecule has 0 aromatic heterocycles. The number of hydrogen-bond donors (Lipinski definition) is 0. The number of ketones is 4. The minimum atomic E-state index is 0.109. The van der Waals surface area contributed by atoms with Crippen molar-refractivity contribution in [3.05, 3.63) is 240 Å². The third kappa shape index (κ3) is 24.9. The Labute approximate surface area is 784 Å². The Kier molecular flexibility index (Phi) is 35.1. The van der Waals surface area contributed by atoms with Crippen LogP contribution in [-0.4, -0.2) is 231 Å². The van der Waals surface area contributed by atoms with E-state index in [1.54, 1.807) is 37.4 Å². The summed E-state index contributed by atoms with van der Waals surface area (Å²) in [6, 6.07) is 74.1. The SMILES string of the molecule is C#Cc1ccc2c(c1)N(CC(C)CN(C)C)c1ccccc1S2.CC(=O)c1ccc2c(c1)N(CC(C)N(C)C)c1ccccc1S2.CC(=O)c1ccc2c(c1)N(CCCN(C)C)c1ccccc1S2.CCCC(=O)c1ccc2c(c1)N(CCCN1CCN(C)CC1)c1ccccc1S2.CCCN1CCN(CCCN2c3ccccc3Sc3ccc(C(=O)CC)cc32)CC1. The van der Waals surface area contributed by atoms with E-state index in [1.807, 2.05) is 84.7 Å². The minimum absolute atomic E-state index is 0.109. The van der Waals surface area contributed by atoms with E-state index in [9.17, 15) is 19.2 Å². The van der Waals surface area contributed by atoms with Crippen molar-refractivity contribution in [3.63, 3.8) is 0 Å². The molecule has 7 aliphatic rings. The molecule has 0 saturated carbocycles. The van der Waals surface area contributed by atoms with Gasteiger partial charge in [-0.25, -0.2) is 0 Å². The number of rotatable bonds is 28. The van der Waals surface area contributed by atoms with E-state index in [0.717, 1.165) is 150 Å². The summed E-state index contributed by atoms with van der Waals surface area (Å²) < 4.78 is 0. The molecule has 10 aromatic carbocycles. The molecule has 2 unspecified atom stereocenters. The van der Waals surface area contributed by atoms with Crippen LogP contribution in [0.2, 0.25) is 0 Å².